The SMILES string of the molecule is COc1ccc(CCC2CCCCN2C(=O)CSc2nncn2C(C)C)cc1OC. The van der Waals surface area contributed by atoms with Crippen molar-refractivity contribution in [3.63, 3.8) is 0 Å². The number of methoxy groups -OCH3 is 2. The lowest BCUT2D eigenvalue weighted by atomic mass is 9.95. The Morgan fingerprint density at radius 3 is 2.77 bits per heavy atom. The number of benzene rings is 1. The van der Waals surface area contributed by atoms with E-state index in [1.165, 1.54) is 23.7 Å². The molecule has 0 aliphatic carbocycles. The molecule has 1 aliphatic heterocycles. The minimum Gasteiger partial charge on any atom is -0.493 e. The van der Waals surface area contributed by atoms with Crippen molar-refractivity contribution in [3.05, 3.63) is 30.1 Å². The molecule has 2 aromatic rings. The zero-order valence-electron chi connectivity index (χ0n) is 18.3. The highest BCUT2D eigenvalue weighted by Crippen LogP contribution is 2.29. The Morgan fingerprint density at radius 2 is 2.03 bits per heavy atom. The first kappa shape index (κ1) is 22.5. The van der Waals surface area contributed by atoms with Crippen LogP contribution in [0, 0.1) is 0 Å². The molecule has 1 aromatic carbocycles. The molecule has 30 heavy (non-hydrogen) atoms. The third kappa shape index (κ3) is 5.47. The fourth-order valence-electron chi connectivity index (χ4n) is 3.90. The predicted molar refractivity (Wildman–Crippen MR) is 118 cm³/mol. The van der Waals surface area contributed by atoms with Crippen LogP contribution in [-0.2, 0) is 11.2 Å². The van der Waals surface area contributed by atoms with Crippen molar-refractivity contribution in [1.82, 2.24) is 19.7 Å². The smallest absolute Gasteiger partial charge is 0.233 e. The van der Waals surface area contributed by atoms with E-state index in [1.54, 1.807) is 20.5 Å². The molecule has 0 spiro atoms. The summed E-state index contributed by atoms with van der Waals surface area (Å²) in [5.41, 5.74) is 1.20. The van der Waals surface area contributed by atoms with Crippen molar-refractivity contribution in [2.45, 2.75) is 63.2 Å². The van der Waals surface area contributed by atoms with Crippen LogP contribution in [0.2, 0.25) is 0 Å². The molecule has 0 N–H and O–H groups in total. The Labute approximate surface area is 183 Å². The number of likely N-dealkylation sites (tertiary alicyclic amines) is 1. The normalized spacial score (nSPS) is 16.7. The fourth-order valence-corrected chi connectivity index (χ4v) is 4.83. The molecule has 1 fully saturated rings. The molecule has 1 amide bonds. The van der Waals surface area contributed by atoms with Gasteiger partial charge in [-0.3, -0.25) is 4.79 Å². The van der Waals surface area contributed by atoms with Gasteiger partial charge in [-0.15, -0.1) is 10.2 Å². The number of nitrogens with zero attached hydrogens (tertiary/aromatic N) is 4. The average Bonchev–Trinajstić information content (AvgIpc) is 3.25. The number of ether oxygens (including phenoxy) is 2. The Balaban J connectivity index is 1.59. The van der Waals surface area contributed by atoms with Crippen LogP contribution < -0.4 is 9.47 Å². The minimum absolute atomic E-state index is 0.190. The van der Waals surface area contributed by atoms with Gasteiger partial charge in [-0.25, -0.2) is 0 Å². The van der Waals surface area contributed by atoms with E-state index in [-0.39, 0.29) is 18.0 Å². The number of hydrogen-bond acceptors (Lipinski definition) is 6. The van der Waals surface area contributed by atoms with Crippen LogP contribution in [0.4, 0.5) is 0 Å². The van der Waals surface area contributed by atoms with E-state index in [0.717, 1.165) is 48.9 Å². The number of aromatic nitrogens is 3. The van der Waals surface area contributed by atoms with E-state index in [9.17, 15) is 4.79 Å². The molecular weight excluding hydrogens is 400 g/mol. The maximum atomic E-state index is 13.0. The van der Waals surface area contributed by atoms with Gasteiger partial charge in [0.15, 0.2) is 16.7 Å². The lowest BCUT2D eigenvalue weighted by Crippen LogP contribution is -2.44. The Hall–Kier alpha value is -2.22. The molecule has 8 heteroatoms. The van der Waals surface area contributed by atoms with E-state index in [2.05, 4.69) is 35.0 Å². The summed E-state index contributed by atoms with van der Waals surface area (Å²) in [6.45, 7) is 5.01. The summed E-state index contributed by atoms with van der Waals surface area (Å²) >= 11 is 1.48. The van der Waals surface area contributed by atoms with Gasteiger partial charge in [0.2, 0.25) is 5.91 Å². The van der Waals surface area contributed by atoms with Crippen LogP contribution in [0.15, 0.2) is 29.7 Å². The van der Waals surface area contributed by atoms with Crippen LogP contribution in [0.3, 0.4) is 0 Å². The van der Waals surface area contributed by atoms with Gasteiger partial charge in [-0.1, -0.05) is 17.8 Å². The second-order valence-electron chi connectivity index (χ2n) is 7.87. The highest BCUT2D eigenvalue weighted by Gasteiger charge is 2.27. The first-order valence-electron chi connectivity index (χ1n) is 10.6. The second kappa shape index (κ2) is 10.7. The van der Waals surface area contributed by atoms with Gasteiger partial charge in [0.05, 0.1) is 20.0 Å². The summed E-state index contributed by atoms with van der Waals surface area (Å²) in [6.07, 6.45) is 6.90. The third-order valence-corrected chi connectivity index (χ3v) is 6.52. The van der Waals surface area contributed by atoms with Gasteiger partial charge >= 0.3 is 0 Å². The number of aryl methyl sites for hydroxylation is 1. The van der Waals surface area contributed by atoms with Crippen LogP contribution >= 0.6 is 11.8 Å². The van der Waals surface area contributed by atoms with Gasteiger partial charge in [0, 0.05) is 18.6 Å². The van der Waals surface area contributed by atoms with E-state index >= 15 is 0 Å². The fraction of sp³-hybridized carbons (Fsp3) is 0.591. The monoisotopic (exact) mass is 432 g/mol. The molecule has 0 saturated carbocycles. The Bertz CT molecular complexity index is 840. The van der Waals surface area contributed by atoms with Gasteiger partial charge in [-0.05, 0) is 63.6 Å². The van der Waals surface area contributed by atoms with Crippen molar-refractivity contribution in [3.8, 4) is 11.5 Å². The largest absolute Gasteiger partial charge is 0.493 e. The van der Waals surface area contributed by atoms with Gasteiger partial charge in [0.25, 0.3) is 0 Å². The van der Waals surface area contributed by atoms with Gasteiger partial charge in [0.1, 0.15) is 6.33 Å². The Morgan fingerprint density at radius 1 is 1.23 bits per heavy atom. The van der Waals surface area contributed by atoms with Crippen molar-refractivity contribution in [1.29, 1.82) is 0 Å². The summed E-state index contributed by atoms with van der Waals surface area (Å²) in [4.78, 5) is 15.1. The summed E-state index contributed by atoms with van der Waals surface area (Å²) in [7, 11) is 3.30. The van der Waals surface area contributed by atoms with Crippen molar-refractivity contribution in [2.24, 2.45) is 0 Å². The maximum Gasteiger partial charge on any atom is 0.233 e. The highest BCUT2D eigenvalue weighted by atomic mass is 32.2. The Kier molecular flexibility index (Phi) is 8.01. The van der Waals surface area contributed by atoms with Crippen LogP contribution in [-0.4, -0.2) is 58.1 Å². The minimum atomic E-state index is 0.190. The lowest BCUT2D eigenvalue weighted by Gasteiger charge is -2.36. The molecule has 1 unspecified atom stereocenters. The first-order valence-corrected chi connectivity index (χ1v) is 11.5. The number of rotatable bonds is 9. The zero-order valence-corrected chi connectivity index (χ0v) is 19.2. The number of carbonyl (C=O) groups is 1. The van der Waals surface area contributed by atoms with E-state index < -0.39 is 0 Å². The van der Waals surface area contributed by atoms with E-state index in [0.29, 0.717) is 5.75 Å². The molecule has 1 aromatic heterocycles. The molecular formula is C22H32N4O3S. The first-order chi connectivity index (χ1) is 14.5. The average molecular weight is 433 g/mol. The molecule has 0 radical (unpaired) electrons. The molecule has 1 aliphatic rings. The predicted octanol–water partition coefficient (Wildman–Crippen LogP) is 3.98. The standard InChI is InChI=1S/C22H32N4O3S/c1-16(2)26-15-23-24-22(26)30-14-21(27)25-12-6-5-7-18(25)10-8-17-9-11-19(28-3)20(13-17)29-4/h9,11,13,15-16,18H,5-8,10,12,14H2,1-4H3. The quantitative estimate of drug-likeness (QED) is 0.558. The second-order valence-corrected chi connectivity index (χ2v) is 8.81. The van der Waals surface area contributed by atoms with Crippen LogP contribution in [0.25, 0.3) is 0 Å². The number of piperidine rings is 1. The number of hydrogen-bond donors (Lipinski definition) is 0. The summed E-state index contributed by atoms with van der Waals surface area (Å²) in [5, 5.41) is 8.95. The number of thioether (sulfide) groups is 1. The zero-order chi connectivity index (χ0) is 21.5. The molecule has 0 bridgehead atoms. The van der Waals surface area contributed by atoms with Crippen LogP contribution in [0.1, 0.15) is 51.1 Å². The number of amides is 1. The molecule has 1 atom stereocenters. The van der Waals surface area contributed by atoms with Gasteiger partial charge < -0.3 is 18.9 Å². The maximum absolute atomic E-state index is 13.0. The van der Waals surface area contributed by atoms with E-state index in [4.69, 9.17) is 9.47 Å². The highest BCUT2D eigenvalue weighted by molar-refractivity contribution is 7.99. The van der Waals surface area contributed by atoms with Crippen molar-refractivity contribution < 1.29 is 14.3 Å². The van der Waals surface area contributed by atoms with E-state index in [1.807, 2.05) is 16.7 Å². The third-order valence-electron chi connectivity index (χ3n) is 5.58. The molecule has 7 nitrogen and oxygen atoms in total. The van der Waals surface area contributed by atoms with Crippen LogP contribution in [0.5, 0.6) is 11.5 Å². The number of carbonyl (C=O) groups excluding carboxylic acids is 1. The molecule has 2 heterocycles. The summed E-state index contributed by atoms with van der Waals surface area (Å²) in [6, 6.07) is 6.61. The summed E-state index contributed by atoms with van der Waals surface area (Å²) < 4.78 is 12.7. The molecule has 1 saturated heterocycles. The summed E-state index contributed by atoms with van der Waals surface area (Å²) in [5.74, 6) is 2.08. The van der Waals surface area contributed by atoms with Crippen molar-refractivity contribution in [2.75, 3.05) is 26.5 Å². The molecule has 164 valence electrons. The topological polar surface area (TPSA) is 69.5 Å². The lowest BCUT2D eigenvalue weighted by molar-refractivity contribution is -0.132. The molecule has 3 rings (SSSR count). The van der Waals surface area contributed by atoms with Gasteiger partial charge in [-0.2, -0.15) is 0 Å². The van der Waals surface area contributed by atoms with Crippen molar-refractivity contribution >= 4 is 17.7 Å².